The van der Waals surface area contributed by atoms with Gasteiger partial charge in [0.2, 0.25) is 5.95 Å². The number of aromatic amines is 1. The van der Waals surface area contributed by atoms with Crippen molar-refractivity contribution in [2.75, 3.05) is 42.7 Å². The van der Waals surface area contributed by atoms with Gasteiger partial charge in [0, 0.05) is 13.1 Å². The van der Waals surface area contributed by atoms with E-state index >= 15 is 0 Å². The number of H-pyrrole nitrogens is 1. The van der Waals surface area contributed by atoms with Crippen LogP contribution in [0.15, 0.2) is 0 Å². The molecule has 0 aliphatic carbocycles. The first-order valence-corrected chi connectivity index (χ1v) is 5.35. The van der Waals surface area contributed by atoms with E-state index in [0.717, 1.165) is 24.4 Å². The van der Waals surface area contributed by atoms with E-state index in [1.54, 1.807) is 0 Å². The van der Waals surface area contributed by atoms with Crippen LogP contribution in [0.25, 0.3) is 11.2 Å². The van der Waals surface area contributed by atoms with E-state index in [9.17, 15) is 0 Å². The summed E-state index contributed by atoms with van der Waals surface area (Å²) < 4.78 is 5.30. The van der Waals surface area contributed by atoms with E-state index in [-0.39, 0.29) is 5.95 Å². The number of rotatable bonds is 1. The van der Waals surface area contributed by atoms with Crippen molar-refractivity contribution in [2.24, 2.45) is 0 Å². The maximum Gasteiger partial charge on any atom is 0.224 e. The van der Waals surface area contributed by atoms with Crippen LogP contribution in [0.4, 0.5) is 17.7 Å². The van der Waals surface area contributed by atoms with E-state index in [0.29, 0.717) is 24.8 Å². The Morgan fingerprint density at radius 2 is 1.88 bits per heavy atom. The monoisotopic (exact) mass is 235 g/mol. The van der Waals surface area contributed by atoms with Crippen LogP contribution >= 0.6 is 0 Å². The van der Waals surface area contributed by atoms with E-state index in [4.69, 9.17) is 16.2 Å². The van der Waals surface area contributed by atoms with Crippen LogP contribution in [-0.4, -0.2) is 46.2 Å². The molecule has 1 saturated heterocycles. The number of nitrogens with zero attached hydrogens (tertiary/aromatic N) is 4. The van der Waals surface area contributed by atoms with Gasteiger partial charge in [0.25, 0.3) is 0 Å². The summed E-state index contributed by atoms with van der Waals surface area (Å²) in [7, 11) is 0. The number of fused-ring (bicyclic) bond motifs is 1. The summed E-state index contributed by atoms with van der Waals surface area (Å²) in [6.07, 6.45) is 0. The van der Waals surface area contributed by atoms with Gasteiger partial charge in [-0.3, -0.25) is 0 Å². The average Bonchev–Trinajstić information content (AvgIpc) is 2.69. The van der Waals surface area contributed by atoms with Crippen molar-refractivity contribution >= 4 is 28.9 Å². The van der Waals surface area contributed by atoms with Gasteiger partial charge in [0.15, 0.2) is 17.4 Å². The molecule has 0 aromatic carbocycles. The molecule has 17 heavy (non-hydrogen) atoms. The van der Waals surface area contributed by atoms with Gasteiger partial charge < -0.3 is 26.1 Å². The highest BCUT2D eigenvalue weighted by atomic mass is 16.5. The van der Waals surface area contributed by atoms with Crippen LogP contribution in [0.3, 0.4) is 0 Å². The number of imidazole rings is 1. The molecular weight excluding hydrogens is 222 g/mol. The Labute approximate surface area is 97.0 Å². The van der Waals surface area contributed by atoms with E-state index in [1.807, 2.05) is 0 Å². The molecule has 0 spiro atoms. The number of aromatic nitrogens is 4. The Bertz CT molecular complexity index is 546. The summed E-state index contributed by atoms with van der Waals surface area (Å²) in [5.74, 6) is 1.25. The molecule has 90 valence electrons. The van der Waals surface area contributed by atoms with E-state index in [2.05, 4.69) is 24.8 Å². The lowest BCUT2D eigenvalue weighted by Gasteiger charge is -2.27. The Kier molecular flexibility index (Phi) is 2.22. The zero-order valence-electron chi connectivity index (χ0n) is 9.18. The molecule has 1 aliphatic rings. The lowest BCUT2D eigenvalue weighted by Crippen LogP contribution is -2.37. The van der Waals surface area contributed by atoms with Crippen LogP contribution in [-0.2, 0) is 4.74 Å². The molecule has 1 fully saturated rings. The zero-order chi connectivity index (χ0) is 11.8. The van der Waals surface area contributed by atoms with E-state index < -0.39 is 0 Å². The molecule has 2 aromatic rings. The lowest BCUT2D eigenvalue weighted by molar-refractivity contribution is 0.122. The van der Waals surface area contributed by atoms with Crippen LogP contribution in [0, 0.1) is 0 Å². The molecule has 3 rings (SSSR count). The molecule has 2 aromatic heterocycles. The second-order valence-electron chi connectivity index (χ2n) is 3.83. The van der Waals surface area contributed by atoms with Gasteiger partial charge in [0.1, 0.15) is 5.52 Å². The van der Waals surface area contributed by atoms with Crippen molar-refractivity contribution in [1.82, 2.24) is 19.9 Å². The van der Waals surface area contributed by atoms with Crippen molar-refractivity contribution in [2.45, 2.75) is 0 Å². The van der Waals surface area contributed by atoms with Gasteiger partial charge >= 0.3 is 0 Å². The quantitative estimate of drug-likeness (QED) is 0.601. The Morgan fingerprint density at radius 1 is 1.12 bits per heavy atom. The van der Waals surface area contributed by atoms with Gasteiger partial charge in [-0.25, -0.2) is 0 Å². The average molecular weight is 235 g/mol. The largest absolute Gasteiger partial charge is 0.378 e. The summed E-state index contributed by atoms with van der Waals surface area (Å²) in [5.41, 5.74) is 12.5. The molecule has 0 bridgehead atoms. The van der Waals surface area contributed by atoms with Crippen molar-refractivity contribution in [3.8, 4) is 0 Å². The summed E-state index contributed by atoms with van der Waals surface area (Å²) in [6, 6.07) is 0. The smallest absolute Gasteiger partial charge is 0.224 e. The highest BCUT2D eigenvalue weighted by Gasteiger charge is 2.18. The summed E-state index contributed by atoms with van der Waals surface area (Å²) >= 11 is 0. The number of hydrogen-bond acceptors (Lipinski definition) is 7. The Hall–Kier alpha value is -2.09. The van der Waals surface area contributed by atoms with Gasteiger partial charge in [-0.2, -0.15) is 15.0 Å². The van der Waals surface area contributed by atoms with Crippen LogP contribution in [0.1, 0.15) is 0 Å². The molecule has 0 saturated carbocycles. The predicted octanol–water partition coefficient (Wildman–Crippen LogP) is -0.646. The molecule has 1 aliphatic heterocycles. The van der Waals surface area contributed by atoms with E-state index in [1.165, 1.54) is 0 Å². The number of morpholine rings is 1. The summed E-state index contributed by atoms with van der Waals surface area (Å²) in [5, 5.41) is 0. The first-order valence-electron chi connectivity index (χ1n) is 5.35. The minimum atomic E-state index is 0.200. The standard InChI is InChI=1S/C9H13N7O/c10-8-12-5-6(13-8)14-9(11)15-7(5)16-1-3-17-4-2-16/h1-4H2,(H5,10,11,12,13,14,15). The lowest BCUT2D eigenvalue weighted by atomic mass is 10.4. The molecule has 0 atom stereocenters. The number of nitrogens with two attached hydrogens (primary N) is 2. The minimum absolute atomic E-state index is 0.200. The molecular formula is C9H13N7O. The second-order valence-corrected chi connectivity index (χ2v) is 3.83. The van der Waals surface area contributed by atoms with Crippen molar-refractivity contribution < 1.29 is 4.74 Å². The molecule has 0 radical (unpaired) electrons. The Morgan fingerprint density at radius 3 is 2.65 bits per heavy atom. The van der Waals surface area contributed by atoms with Gasteiger partial charge in [-0.15, -0.1) is 0 Å². The third kappa shape index (κ3) is 1.72. The third-order valence-electron chi connectivity index (χ3n) is 2.68. The number of hydrogen-bond donors (Lipinski definition) is 3. The molecule has 3 heterocycles. The summed E-state index contributed by atoms with van der Waals surface area (Å²) in [4.78, 5) is 17.4. The normalized spacial score (nSPS) is 16.6. The molecule has 0 amide bonds. The third-order valence-corrected chi connectivity index (χ3v) is 2.68. The van der Waals surface area contributed by atoms with Crippen molar-refractivity contribution in [3.63, 3.8) is 0 Å². The topological polar surface area (TPSA) is 119 Å². The van der Waals surface area contributed by atoms with Crippen molar-refractivity contribution in [3.05, 3.63) is 0 Å². The highest BCUT2D eigenvalue weighted by Crippen LogP contribution is 2.24. The summed E-state index contributed by atoms with van der Waals surface area (Å²) in [6.45, 7) is 2.89. The first-order chi connectivity index (χ1) is 8.24. The van der Waals surface area contributed by atoms with Crippen LogP contribution in [0.2, 0.25) is 0 Å². The fourth-order valence-electron chi connectivity index (χ4n) is 1.92. The highest BCUT2D eigenvalue weighted by molar-refractivity contribution is 5.86. The minimum Gasteiger partial charge on any atom is -0.378 e. The van der Waals surface area contributed by atoms with Gasteiger partial charge in [-0.05, 0) is 0 Å². The molecule has 5 N–H and O–H groups in total. The number of nitrogen functional groups attached to an aromatic ring is 2. The molecule has 8 nitrogen and oxygen atoms in total. The van der Waals surface area contributed by atoms with Gasteiger partial charge in [0.05, 0.1) is 13.2 Å². The number of anilines is 3. The molecule has 0 unspecified atom stereocenters. The SMILES string of the molecule is Nc1nc(N2CCOCC2)c2[nH]c(N)nc2n1. The van der Waals surface area contributed by atoms with Gasteiger partial charge in [-0.1, -0.05) is 0 Å². The predicted molar refractivity (Wildman–Crippen MR) is 63.5 cm³/mol. The zero-order valence-corrected chi connectivity index (χ0v) is 9.18. The fraction of sp³-hybridized carbons (Fsp3) is 0.444. The fourth-order valence-corrected chi connectivity index (χ4v) is 1.92. The number of ether oxygens (including phenoxy) is 1. The maximum atomic E-state index is 5.67. The number of nitrogens with one attached hydrogen (secondary N) is 1. The van der Waals surface area contributed by atoms with Crippen molar-refractivity contribution in [1.29, 1.82) is 0 Å². The van der Waals surface area contributed by atoms with Crippen LogP contribution in [0.5, 0.6) is 0 Å². The molecule has 8 heteroatoms. The first kappa shape index (κ1) is 10.1. The Balaban J connectivity index is 2.12. The van der Waals surface area contributed by atoms with Crippen LogP contribution < -0.4 is 16.4 Å². The maximum absolute atomic E-state index is 5.67. The second kappa shape index (κ2) is 3.74.